The van der Waals surface area contributed by atoms with Crippen LogP contribution in [0.2, 0.25) is 0 Å². The maximum absolute atomic E-state index is 6.30. The zero-order valence-electron chi connectivity index (χ0n) is 11.9. The summed E-state index contributed by atoms with van der Waals surface area (Å²) in [5, 5.41) is -0.106. The molecular weight excluding hydrogens is 278 g/mol. The molecule has 0 bridgehead atoms. The molecule has 0 amide bonds. The molecule has 0 saturated heterocycles. The maximum Gasteiger partial charge on any atom is 0.160 e. The molecule has 2 aromatic rings. The van der Waals surface area contributed by atoms with Crippen LogP contribution in [-0.4, -0.2) is 26.5 Å². The zero-order chi connectivity index (χ0) is 14.0. The van der Waals surface area contributed by atoms with Gasteiger partial charge in [0.1, 0.15) is 11.3 Å². The number of halogens is 1. The first kappa shape index (κ1) is 14.7. The number of fused-ring (bicyclic) bond motifs is 1. The maximum atomic E-state index is 6.30. The minimum Gasteiger partial charge on any atom is -0.308 e. The fourth-order valence-corrected chi connectivity index (χ4v) is 3.22. The largest absolute Gasteiger partial charge is 0.308 e. The van der Waals surface area contributed by atoms with Crippen molar-refractivity contribution < 1.29 is 0 Å². The molecule has 2 unspecified atom stereocenters. The number of aryl methyl sites for hydroxylation is 1. The van der Waals surface area contributed by atoms with Gasteiger partial charge in [0.15, 0.2) is 5.65 Å². The fraction of sp³-hybridized carbons (Fsp3) is 0.571. The van der Waals surface area contributed by atoms with Crippen LogP contribution in [0.1, 0.15) is 43.2 Å². The van der Waals surface area contributed by atoms with Crippen LogP contribution < -0.4 is 0 Å². The highest BCUT2D eigenvalue weighted by atomic mass is 35.5. The van der Waals surface area contributed by atoms with E-state index in [1.165, 1.54) is 0 Å². The summed E-state index contributed by atoms with van der Waals surface area (Å²) in [5.41, 5.74) is 2.91. The molecule has 104 valence electrons. The Hall–Kier alpha value is -0.740. The fourth-order valence-electron chi connectivity index (χ4n) is 2.29. The SMILES string of the molecule is CCC(CSC)n1c(C(C)Cl)nc2ccc(C)nc21. The Labute approximate surface area is 123 Å². The Morgan fingerprint density at radius 2 is 2.11 bits per heavy atom. The van der Waals surface area contributed by atoms with Gasteiger partial charge in [0.05, 0.1) is 5.38 Å². The zero-order valence-corrected chi connectivity index (χ0v) is 13.4. The third-order valence-electron chi connectivity index (χ3n) is 3.26. The lowest BCUT2D eigenvalue weighted by molar-refractivity contribution is 0.527. The van der Waals surface area contributed by atoms with E-state index in [1.54, 1.807) is 0 Å². The quantitative estimate of drug-likeness (QED) is 0.769. The summed E-state index contributed by atoms with van der Waals surface area (Å²) in [6.07, 6.45) is 3.18. The van der Waals surface area contributed by atoms with Crippen molar-refractivity contribution in [3.05, 3.63) is 23.7 Å². The molecule has 0 N–H and O–H groups in total. The summed E-state index contributed by atoms with van der Waals surface area (Å²) in [6, 6.07) is 4.42. The van der Waals surface area contributed by atoms with Crippen LogP contribution in [0.3, 0.4) is 0 Å². The molecule has 0 saturated carbocycles. The van der Waals surface area contributed by atoms with Crippen molar-refractivity contribution in [1.29, 1.82) is 0 Å². The number of rotatable bonds is 5. The Kier molecular flexibility index (Phi) is 4.74. The van der Waals surface area contributed by atoms with Gasteiger partial charge in [-0.1, -0.05) is 6.92 Å². The molecule has 0 aliphatic rings. The number of thioether (sulfide) groups is 1. The summed E-state index contributed by atoms with van der Waals surface area (Å²) in [4.78, 5) is 9.33. The third kappa shape index (κ3) is 2.90. The van der Waals surface area contributed by atoms with Gasteiger partial charge in [-0.15, -0.1) is 11.6 Å². The molecule has 0 aliphatic carbocycles. The molecule has 0 aromatic carbocycles. The van der Waals surface area contributed by atoms with Gasteiger partial charge in [0.25, 0.3) is 0 Å². The first-order valence-corrected chi connectivity index (χ1v) is 8.40. The second-order valence-electron chi connectivity index (χ2n) is 4.77. The van der Waals surface area contributed by atoms with Gasteiger partial charge in [-0.25, -0.2) is 9.97 Å². The molecule has 2 heterocycles. The van der Waals surface area contributed by atoms with Gasteiger partial charge in [0.2, 0.25) is 0 Å². The van der Waals surface area contributed by atoms with E-state index in [0.717, 1.165) is 34.9 Å². The minimum atomic E-state index is -0.106. The van der Waals surface area contributed by atoms with Crippen LogP contribution in [0.15, 0.2) is 12.1 Å². The Morgan fingerprint density at radius 1 is 1.37 bits per heavy atom. The minimum absolute atomic E-state index is 0.106. The highest BCUT2D eigenvalue weighted by Gasteiger charge is 2.21. The summed E-state index contributed by atoms with van der Waals surface area (Å²) in [5.74, 6) is 1.98. The number of hydrogen-bond acceptors (Lipinski definition) is 3. The lowest BCUT2D eigenvalue weighted by Crippen LogP contribution is -2.15. The highest BCUT2D eigenvalue weighted by molar-refractivity contribution is 7.98. The molecule has 0 aliphatic heterocycles. The van der Waals surface area contributed by atoms with Crippen molar-refractivity contribution >= 4 is 34.5 Å². The predicted octanol–water partition coefficient (Wildman–Crippen LogP) is 4.35. The van der Waals surface area contributed by atoms with Crippen molar-refractivity contribution in [2.24, 2.45) is 0 Å². The Morgan fingerprint density at radius 3 is 2.68 bits per heavy atom. The van der Waals surface area contributed by atoms with Gasteiger partial charge in [-0.2, -0.15) is 11.8 Å². The molecular formula is C14H20ClN3S. The lowest BCUT2D eigenvalue weighted by atomic mass is 10.2. The van der Waals surface area contributed by atoms with E-state index in [4.69, 9.17) is 11.6 Å². The van der Waals surface area contributed by atoms with E-state index in [9.17, 15) is 0 Å². The first-order valence-electron chi connectivity index (χ1n) is 6.57. The van der Waals surface area contributed by atoms with E-state index >= 15 is 0 Å². The molecule has 2 rings (SSSR count). The smallest absolute Gasteiger partial charge is 0.160 e. The number of alkyl halides is 1. The average Bonchev–Trinajstić information content (AvgIpc) is 2.74. The van der Waals surface area contributed by atoms with Crippen LogP contribution in [0, 0.1) is 6.92 Å². The second-order valence-corrected chi connectivity index (χ2v) is 6.33. The van der Waals surface area contributed by atoms with E-state index in [-0.39, 0.29) is 5.38 Å². The number of nitrogens with zero attached hydrogens (tertiary/aromatic N) is 3. The lowest BCUT2D eigenvalue weighted by Gasteiger charge is -2.20. The molecule has 5 heteroatoms. The summed E-state index contributed by atoms with van der Waals surface area (Å²) >= 11 is 8.15. The highest BCUT2D eigenvalue weighted by Crippen LogP contribution is 2.29. The first-order chi connectivity index (χ1) is 9.08. The van der Waals surface area contributed by atoms with E-state index in [1.807, 2.05) is 37.7 Å². The average molecular weight is 298 g/mol. The molecule has 0 radical (unpaired) electrons. The molecule has 3 nitrogen and oxygen atoms in total. The van der Waals surface area contributed by atoms with Gasteiger partial charge in [-0.3, -0.25) is 0 Å². The van der Waals surface area contributed by atoms with Crippen molar-refractivity contribution in [3.63, 3.8) is 0 Å². The van der Waals surface area contributed by atoms with E-state index in [0.29, 0.717) is 6.04 Å². The molecule has 2 aromatic heterocycles. The van der Waals surface area contributed by atoms with Crippen LogP contribution >= 0.6 is 23.4 Å². The van der Waals surface area contributed by atoms with Gasteiger partial charge >= 0.3 is 0 Å². The normalized spacial score (nSPS) is 14.8. The van der Waals surface area contributed by atoms with Gasteiger partial charge in [0, 0.05) is 17.5 Å². The van der Waals surface area contributed by atoms with E-state index in [2.05, 4.69) is 27.7 Å². The number of aromatic nitrogens is 3. The number of hydrogen-bond donors (Lipinski definition) is 0. The van der Waals surface area contributed by atoms with Crippen molar-refractivity contribution in [3.8, 4) is 0 Å². The van der Waals surface area contributed by atoms with Gasteiger partial charge < -0.3 is 4.57 Å². The van der Waals surface area contributed by atoms with Crippen LogP contribution in [0.25, 0.3) is 11.2 Å². The standard InChI is InChI=1S/C14H20ClN3S/c1-5-11(8-19-4)18-13(10(3)15)17-12-7-6-9(2)16-14(12)18/h6-7,10-11H,5,8H2,1-4H3. The van der Waals surface area contributed by atoms with E-state index < -0.39 is 0 Å². The molecule has 0 fully saturated rings. The van der Waals surface area contributed by atoms with Crippen LogP contribution in [-0.2, 0) is 0 Å². The summed E-state index contributed by atoms with van der Waals surface area (Å²) in [7, 11) is 0. The summed E-state index contributed by atoms with van der Waals surface area (Å²) in [6.45, 7) is 6.18. The molecule has 2 atom stereocenters. The topological polar surface area (TPSA) is 30.7 Å². The third-order valence-corrected chi connectivity index (χ3v) is 4.17. The Bertz CT molecular complexity index is 565. The monoisotopic (exact) mass is 297 g/mol. The molecule has 19 heavy (non-hydrogen) atoms. The van der Waals surface area contributed by atoms with Crippen LogP contribution in [0.5, 0.6) is 0 Å². The van der Waals surface area contributed by atoms with Crippen molar-refractivity contribution in [1.82, 2.24) is 14.5 Å². The number of pyridine rings is 1. The van der Waals surface area contributed by atoms with Crippen molar-refractivity contribution in [2.45, 2.75) is 38.6 Å². The van der Waals surface area contributed by atoms with Crippen molar-refractivity contribution in [2.75, 3.05) is 12.0 Å². The van der Waals surface area contributed by atoms with Gasteiger partial charge in [-0.05, 0) is 38.7 Å². The predicted molar refractivity (Wildman–Crippen MR) is 84.2 cm³/mol. The second kappa shape index (κ2) is 6.14. The number of imidazole rings is 1. The molecule has 0 spiro atoms. The Balaban J connectivity index is 2.65. The van der Waals surface area contributed by atoms with Crippen LogP contribution in [0.4, 0.5) is 0 Å². The summed E-state index contributed by atoms with van der Waals surface area (Å²) < 4.78 is 2.23.